The van der Waals surface area contributed by atoms with E-state index in [2.05, 4.69) is 10.6 Å². The van der Waals surface area contributed by atoms with Gasteiger partial charge in [0.15, 0.2) is 11.5 Å². The standard InChI is InChI=1S/C13H14N2O4/c1-9(15-13(17)11-5-3-7-19-11)8-14-12(16)10-4-2-6-18-10/h2-7,9H,8H2,1H3,(H,14,16)(H,15,17)/t9-/m1/s1. The van der Waals surface area contributed by atoms with Crippen molar-refractivity contribution in [1.29, 1.82) is 0 Å². The van der Waals surface area contributed by atoms with E-state index in [1.807, 2.05) is 0 Å². The van der Waals surface area contributed by atoms with Gasteiger partial charge in [-0.2, -0.15) is 0 Å². The predicted molar refractivity (Wildman–Crippen MR) is 66.7 cm³/mol. The first-order chi connectivity index (χ1) is 9.16. The first kappa shape index (κ1) is 12.9. The molecule has 19 heavy (non-hydrogen) atoms. The van der Waals surface area contributed by atoms with Crippen LogP contribution in [-0.4, -0.2) is 24.4 Å². The highest BCUT2D eigenvalue weighted by atomic mass is 16.3. The van der Waals surface area contributed by atoms with E-state index < -0.39 is 0 Å². The molecule has 2 rings (SSSR count). The van der Waals surface area contributed by atoms with Crippen LogP contribution >= 0.6 is 0 Å². The van der Waals surface area contributed by atoms with Crippen molar-refractivity contribution in [3.8, 4) is 0 Å². The number of hydrogen-bond acceptors (Lipinski definition) is 4. The zero-order valence-electron chi connectivity index (χ0n) is 10.4. The summed E-state index contributed by atoms with van der Waals surface area (Å²) in [6.45, 7) is 2.08. The number of carbonyl (C=O) groups is 2. The summed E-state index contributed by atoms with van der Waals surface area (Å²) in [5.74, 6) is -0.150. The Labute approximate surface area is 109 Å². The molecule has 0 spiro atoms. The molecule has 2 heterocycles. The van der Waals surface area contributed by atoms with Crippen molar-refractivity contribution in [2.45, 2.75) is 13.0 Å². The van der Waals surface area contributed by atoms with E-state index >= 15 is 0 Å². The van der Waals surface area contributed by atoms with Crippen molar-refractivity contribution in [3.63, 3.8) is 0 Å². The largest absolute Gasteiger partial charge is 0.459 e. The second kappa shape index (κ2) is 5.90. The highest BCUT2D eigenvalue weighted by Crippen LogP contribution is 2.01. The van der Waals surface area contributed by atoms with Crippen molar-refractivity contribution in [2.24, 2.45) is 0 Å². The molecule has 6 heteroatoms. The number of carbonyl (C=O) groups excluding carboxylic acids is 2. The molecule has 2 N–H and O–H groups in total. The van der Waals surface area contributed by atoms with E-state index in [-0.39, 0.29) is 29.4 Å². The van der Waals surface area contributed by atoms with Crippen LogP contribution in [0, 0.1) is 0 Å². The first-order valence-electron chi connectivity index (χ1n) is 5.83. The lowest BCUT2D eigenvalue weighted by molar-refractivity contribution is 0.0884. The molecule has 0 bridgehead atoms. The molecule has 0 fully saturated rings. The van der Waals surface area contributed by atoms with Gasteiger partial charge in [-0.25, -0.2) is 0 Å². The third-order valence-corrected chi connectivity index (χ3v) is 2.44. The van der Waals surface area contributed by atoms with E-state index in [9.17, 15) is 9.59 Å². The Kier molecular flexibility index (Phi) is 4.02. The van der Waals surface area contributed by atoms with Gasteiger partial charge >= 0.3 is 0 Å². The monoisotopic (exact) mass is 262 g/mol. The predicted octanol–water partition coefficient (Wildman–Crippen LogP) is 1.42. The molecule has 1 atom stereocenters. The van der Waals surface area contributed by atoms with Gasteiger partial charge in [0, 0.05) is 12.6 Å². The lowest BCUT2D eigenvalue weighted by Gasteiger charge is -2.13. The van der Waals surface area contributed by atoms with Gasteiger partial charge in [0.05, 0.1) is 12.5 Å². The van der Waals surface area contributed by atoms with Crippen LogP contribution in [0.4, 0.5) is 0 Å². The van der Waals surface area contributed by atoms with Crippen molar-refractivity contribution in [2.75, 3.05) is 6.54 Å². The minimum absolute atomic E-state index is 0.225. The Hall–Kier alpha value is -2.50. The molecule has 0 aliphatic heterocycles. The molecule has 6 nitrogen and oxygen atoms in total. The molecular weight excluding hydrogens is 248 g/mol. The quantitative estimate of drug-likeness (QED) is 0.853. The third kappa shape index (κ3) is 3.48. The van der Waals surface area contributed by atoms with Gasteiger partial charge in [-0.15, -0.1) is 0 Å². The number of rotatable bonds is 5. The van der Waals surface area contributed by atoms with Crippen molar-refractivity contribution < 1.29 is 18.4 Å². The van der Waals surface area contributed by atoms with Crippen molar-refractivity contribution in [1.82, 2.24) is 10.6 Å². The minimum atomic E-state index is -0.316. The molecule has 2 aromatic heterocycles. The fourth-order valence-corrected chi connectivity index (χ4v) is 1.49. The Morgan fingerprint density at radius 3 is 2.21 bits per heavy atom. The molecule has 0 unspecified atom stereocenters. The lowest BCUT2D eigenvalue weighted by atomic mass is 10.3. The average molecular weight is 262 g/mol. The van der Waals surface area contributed by atoms with Gasteiger partial charge in [0.1, 0.15) is 0 Å². The molecule has 0 saturated heterocycles. The van der Waals surface area contributed by atoms with E-state index in [0.717, 1.165) is 0 Å². The Balaban J connectivity index is 1.77. The van der Waals surface area contributed by atoms with Crippen LogP contribution in [0.15, 0.2) is 45.6 Å². The van der Waals surface area contributed by atoms with Crippen LogP contribution in [0.1, 0.15) is 28.0 Å². The fourth-order valence-electron chi connectivity index (χ4n) is 1.49. The normalized spacial score (nSPS) is 11.8. The van der Waals surface area contributed by atoms with Gasteiger partial charge in [0.2, 0.25) is 0 Å². The molecule has 2 amide bonds. The molecule has 100 valence electrons. The topological polar surface area (TPSA) is 84.5 Å². The summed E-state index contributed by atoms with van der Waals surface area (Å²) in [5, 5.41) is 5.36. The summed E-state index contributed by atoms with van der Waals surface area (Å²) >= 11 is 0. The van der Waals surface area contributed by atoms with Crippen molar-refractivity contribution >= 4 is 11.8 Å². The average Bonchev–Trinajstić information content (AvgIpc) is 3.07. The maximum Gasteiger partial charge on any atom is 0.287 e. The summed E-state index contributed by atoms with van der Waals surface area (Å²) in [6, 6.07) is 6.19. The van der Waals surface area contributed by atoms with Crippen LogP contribution in [0.3, 0.4) is 0 Å². The summed E-state index contributed by atoms with van der Waals surface area (Å²) in [4.78, 5) is 23.2. The van der Waals surface area contributed by atoms with Gasteiger partial charge in [-0.05, 0) is 31.2 Å². The molecule has 0 aliphatic rings. The highest BCUT2D eigenvalue weighted by Gasteiger charge is 2.14. The van der Waals surface area contributed by atoms with Crippen LogP contribution < -0.4 is 10.6 Å². The Morgan fingerprint density at radius 1 is 1.11 bits per heavy atom. The number of hydrogen-bond donors (Lipinski definition) is 2. The highest BCUT2D eigenvalue weighted by molar-refractivity contribution is 5.92. The SMILES string of the molecule is C[C@H](CNC(=O)c1ccco1)NC(=O)c1ccco1. The lowest BCUT2D eigenvalue weighted by Crippen LogP contribution is -2.41. The van der Waals surface area contributed by atoms with E-state index in [0.29, 0.717) is 6.54 Å². The van der Waals surface area contributed by atoms with Crippen LogP contribution in [-0.2, 0) is 0 Å². The van der Waals surface area contributed by atoms with Crippen LogP contribution in [0.5, 0.6) is 0 Å². The molecule has 0 aromatic carbocycles. The molecule has 0 aliphatic carbocycles. The fraction of sp³-hybridized carbons (Fsp3) is 0.231. The summed E-state index contributed by atoms with van der Waals surface area (Å²) in [6.07, 6.45) is 2.86. The molecule has 0 radical (unpaired) electrons. The van der Waals surface area contributed by atoms with Crippen molar-refractivity contribution in [3.05, 3.63) is 48.3 Å². The maximum atomic E-state index is 11.7. The summed E-state index contributed by atoms with van der Waals surface area (Å²) in [7, 11) is 0. The smallest absolute Gasteiger partial charge is 0.287 e. The van der Waals surface area contributed by atoms with E-state index in [4.69, 9.17) is 8.83 Å². The molecule has 0 saturated carbocycles. The van der Waals surface area contributed by atoms with Gasteiger partial charge in [0.25, 0.3) is 11.8 Å². The zero-order chi connectivity index (χ0) is 13.7. The number of furan rings is 2. The number of amides is 2. The first-order valence-corrected chi connectivity index (χ1v) is 5.83. The number of nitrogens with one attached hydrogen (secondary N) is 2. The van der Waals surface area contributed by atoms with E-state index in [1.54, 1.807) is 31.2 Å². The zero-order valence-corrected chi connectivity index (χ0v) is 10.4. The van der Waals surface area contributed by atoms with Crippen LogP contribution in [0.2, 0.25) is 0 Å². The second-order valence-corrected chi connectivity index (χ2v) is 4.04. The second-order valence-electron chi connectivity index (χ2n) is 4.04. The third-order valence-electron chi connectivity index (χ3n) is 2.44. The Morgan fingerprint density at radius 2 is 1.68 bits per heavy atom. The van der Waals surface area contributed by atoms with Gasteiger partial charge < -0.3 is 19.5 Å². The summed E-state index contributed by atoms with van der Waals surface area (Å²) < 4.78 is 9.92. The molecule has 2 aromatic rings. The minimum Gasteiger partial charge on any atom is -0.459 e. The van der Waals surface area contributed by atoms with Gasteiger partial charge in [-0.1, -0.05) is 0 Å². The maximum absolute atomic E-state index is 11.7. The van der Waals surface area contributed by atoms with E-state index in [1.165, 1.54) is 12.5 Å². The van der Waals surface area contributed by atoms with Gasteiger partial charge in [-0.3, -0.25) is 9.59 Å². The van der Waals surface area contributed by atoms with Crippen LogP contribution in [0.25, 0.3) is 0 Å². The summed E-state index contributed by atoms with van der Waals surface area (Å²) in [5.41, 5.74) is 0. The molecular formula is C13H14N2O4. The Bertz CT molecular complexity index is 531.